The molecular formula is C40H54N6O6. The maximum atomic E-state index is 14.2. The summed E-state index contributed by atoms with van der Waals surface area (Å²) < 4.78 is 0. The van der Waals surface area contributed by atoms with Crippen LogP contribution in [0.25, 0.3) is 0 Å². The van der Waals surface area contributed by atoms with Crippen LogP contribution in [0.15, 0.2) is 85.8 Å². The smallest absolute Gasteiger partial charge is 0.405 e. The quantitative estimate of drug-likeness (QED) is 0.0867. The fourth-order valence-electron chi connectivity index (χ4n) is 6.94. The van der Waals surface area contributed by atoms with Crippen LogP contribution in [0.2, 0.25) is 0 Å². The van der Waals surface area contributed by atoms with E-state index in [4.69, 9.17) is 0 Å². The number of carbonyl (C=O) groups is 4. The number of benzene rings is 2. The van der Waals surface area contributed by atoms with Gasteiger partial charge < -0.3 is 36.5 Å². The van der Waals surface area contributed by atoms with Crippen LogP contribution in [0, 0.1) is 17.8 Å². The van der Waals surface area contributed by atoms with Crippen molar-refractivity contribution in [3.05, 3.63) is 103 Å². The van der Waals surface area contributed by atoms with E-state index in [2.05, 4.69) is 51.7 Å². The zero-order valence-corrected chi connectivity index (χ0v) is 30.2. The molecule has 12 heteroatoms. The standard InChI is InChI=1S/C40H54N6O6/c1-4-29(26(2)3)22-35(47)32(20-27-14-8-5-9-15-27)43-38(49)34(23-31-24-41-25-42-31)44-37(48)33(21-28-16-10-6-11-17-28)45-39(50)36(46-40(51)52)30-18-12-7-13-19-30/h4,6-7,10-13,16-19,24-27,29,32-36,46-47H,1,5,8-9,14-15,20-23H2,2-3H3,(H,41,42)(H,43,49)(H,44,48)(H,45,50)(H,51,52)/t29-,32+,33+,34+,35-,36-/m1/s1. The molecule has 0 saturated heterocycles. The molecular weight excluding hydrogens is 660 g/mol. The first-order valence-corrected chi connectivity index (χ1v) is 18.3. The number of H-pyrrole nitrogens is 1. The number of rotatable bonds is 19. The van der Waals surface area contributed by atoms with Crippen LogP contribution in [-0.4, -0.2) is 68.2 Å². The second-order valence-electron chi connectivity index (χ2n) is 14.2. The average Bonchev–Trinajstić information content (AvgIpc) is 3.66. The van der Waals surface area contributed by atoms with Gasteiger partial charge in [-0.1, -0.05) is 113 Å². The Bertz CT molecular complexity index is 1560. The predicted octanol–water partition coefficient (Wildman–Crippen LogP) is 4.84. The van der Waals surface area contributed by atoms with E-state index in [0.717, 1.165) is 31.2 Å². The molecule has 0 radical (unpaired) electrons. The zero-order chi connectivity index (χ0) is 37.5. The Morgan fingerprint density at radius 3 is 2.08 bits per heavy atom. The van der Waals surface area contributed by atoms with Crippen molar-refractivity contribution in [1.82, 2.24) is 31.2 Å². The summed E-state index contributed by atoms with van der Waals surface area (Å²) in [7, 11) is 0. The van der Waals surface area contributed by atoms with Crippen LogP contribution in [-0.2, 0) is 27.2 Å². The third kappa shape index (κ3) is 12.4. The molecule has 280 valence electrons. The minimum atomic E-state index is -1.40. The van der Waals surface area contributed by atoms with Crippen molar-refractivity contribution in [2.45, 2.75) is 102 Å². The molecule has 6 atom stereocenters. The molecule has 7 N–H and O–H groups in total. The second kappa shape index (κ2) is 20.2. The Morgan fingerprint density at radius 2 is 1.48 bits per heavy atom. The van der Waals surface area contributed by atoms with Crippen molar-refractivity contribution in [2.24, 2.45) is 17.8 Å². The number of carboxylic acid groups (broad SMARTS) is 1. The maximum absolute atomic E-state index is 14.2. The molecule has 0 unspecified atom stereocenters. The van der Waals surface area contributed by atoms with Crippen LogP contribution in [0.4, 0.5) is 4.79 Å². The fourth-order valence-corrected chi connectivity index (χ4v) is 6.94. The molecule has 4 rings (SSSR count). The van der Waals surface area contributed by atoms with E-state index in [1.807, 2.05) is 36.4 Å². The normalized spacial score (nSPS) is 16.8. The summed E-state index contributed by atoms with van der Waals surface area (Å²) in [5.41, 5.74) is 1.68. The van der Waals surface area contributed by atoms with Gasteiger partial charge in [0.2, 0.25) is 17.7 Å². The lowest BCUT2D eigenvalue weighted by Gasteiger charge is -2.33. The van der Waals surface area contributed by atoms with Crippen molar-refractivity contribution in [3.63, 3.8) is 0 Å². The summed E-state index contributed by atoms with van der Waals surface area (Å²) in [5, 5.41) is 32.1. The van der Waals surface area contributed by atoms with Gasteiger partial charge in [0, 0.05) is 19.0 Å². The van der Waals surface area contributed by atoms with Crippen LogP contribution in [0.3, 0.4) is 0 Å². The third-order valence-corrected chi connectivity index (χ3v) is 9.96. The summed E-state index contributed by atoms with van der Waals surface area (Å²) in [5.74, 6) is -1.17. The number of nitrogens with one attached hydrogen (secondary N) is 5. The molecule has 4 amide bonds. The van der Waals surface area contributed by atoms with Gasteiger partial charge in [-0.2, -0.15) is 0 Å². The van der Waals surface area contributed by atoms with Crippen LogP contribution in [0.5, 0.6) is 0 Å². The van der Waals surface area contributed by atoms with E-state index >= 15 is 0 Å². The van der Waals surface area contributed by atoms with Gasteiger partial charge in [0.1, 0.15) is 18.1 Å². The lowest BCUT2D eigenvalue weighted by atomic mass is 9.81. The number of nitrogens with zero attached hydrogens (tertiary/aromatic N) is 1. The molecule has 1 aliphatic rings. The van der Waals surface area contributed by atoms with Gasteiger partial charge in [0.25, 0.3) is 0 Å². The number of hydrogen-bond acceptors (Lipinski definition) is 6. The van der Waals surface area contributed by atoms with Crippen molar-refractivity contribution < 1.29 is 29.4 Å². The van der Waals surface area contributed by atoms with Gasteiger partial charge in [-0.15, -0.1) is 6.58 Å². The van der Waals surface area contributed by atoms with Gasteiger partial charge in [-0.25, -0.2) is 9.78 Å². The zero-order valence-electron chi connectivity index (χ0n) is 30.2. The van der Waals surface area contributed by atoms with Crippen molar-refractivity contribution >= 4 is 23.8 Å². The molecule has 1 aliphatic carbocycles. The monoisotopic (exact) mass is 714 g/mol. The molecule has 0 spiro atoms. The molecule has 52 heavy (non-hydrogen) atoms. The number of aromatic amines is 1. The highest BCUT2D eigenvalue weighted by molar-refractivity contribution is 5.94. The number of allylic oxidation sites excluding steroid dienone is 1. The van der Waals surface area contributed by atoms with Crippen LogP contribution >= 0.6 is 0 Å². The molecule has 1 heterocycles. The fraction of sp³-hybridized carbons (Fsp3) is 0.475. The molecule has 0 bridgehead atoms. The highest BCUT2D eigenvalue weighted by Crippen LogP contribution is 2.30. The maximum Gasteiger partial charge on any atom is 0.405 e. The van der Waals surface area contributed by atoms with Crippen molar-refractivity contribution in [1.29, 1.82) is 0 Å². The molecule has 12 nitrogen and oxygen atoms in total. The topological polar surface area (TPSA) is 186 Å². The minimum Gasteiger partial charge on any atom is -0.465 e. The number of hydrogen-bond donors (Lipinski definition) is 7. The van der Waals surface area contributed by atoms with Gasteiger partial charge >= 0.3 is 6.09 Å². The summed E-state index contributed by atoms with van der Waals surface area (Å²) in [6.07, 6.45) is 9.39. The van der Waals surface area contributed by atoms with E-state index in [9.17, 15) is 29.4 Å². The Hall–Kier alpha value is -4.97. The Balaban J connectivity index is 1.59. The minimum absolute atomic E-state index is 0.0494. The first-order chi connectivity index (χ1) is 25.0. The predicted molar refractivity (Wildman–Crippen MR) is 199 cm³/mol. The first-order valence-electron chi connectivity index (χ1n) is 18.3. The van der Waals surface area contributed by atoms with Gasteiger partial charge in [0.15, 0.2) is 0 Å². The summed E-state index contributed by atoms with van der Waals surface area (Å²) >= 11 is 0. The highest BCUT2D eigenvalue weighted by Gasteiger charge is 2.34. The van der Waals surface area contributed by atoms with E-state index in [1.54, 1.807) is 36.5 Å². The van der Waals surface area contributed by atoms with Crippen LogP contribution in [0.1, 0.15) is 81.7 Å². The van der Waals surface area contributed by atoms with Crippen molar-refractivity contribution in [3.8, 4) is 0 Å². The Labute approximate surface area is 306 Å². The number of aliphatic hydroxyl groups is 1. The number of aromatic nitrogens is 2. The van der Waals surface area contributed by atoms with Gasteiger partial charge in [0.05, 0.1) is 24.2 Å². The van der Waals surface area contributed by atoms with E-state index in [0.29, 0.717) is 30.0 Å². The van der Waals surface area contributed by atoms with E-state index in [1.165, 1.54) is 12.7 Å². The summed E-state index contributed by atoms with van der Waals surface area (Å²) in [4.78, 5) is 60.9. The lowest BCUT2D eigenvalue weighted by Crippen LogP contribution is -2.58. The average molecular weight is 715 g/mol. The highest BCUT2D eigenvalue weighted by atomic mass is 16.4. The number of aliphatic hydroxyl groups excluding tert-OH is 1. The van der Waals surface area contributed by atoms with Gasteiger partial charge in [-0.05, 0) is 41.7 Å². The third-order valence-electron chi connectivity index (χ3n) is 9.96. The van der Waals surface area contributed by atoms with E-state index in [-0.39, 0.29) is 24.7 Å². The Morgan fingerprint density at radius 1 is 0.865 bits per heavy atom. The molecule has 0 aliphatic heterocycles. The van der Waals surface area contributed by atoms with E-state index < -0.39 is 54.1 Å². The molecule has 1 saturated carbocycles. The summed E-state index contributed by atoms with van der Waals surface area (Å²) in [6, 6.07) is 13.3. The van der Waals surface area contributed by atoms with Crippen LogP contribution < -0.4 is 21.3 Å². The molecule has 1 aromatic heterocycles. The first kappa shape index (κ1) is 39.8. The summed E-state index contributed by atoms with van der Waals surface area (Å²) in [6.45, 7) is 8.12. The van der Waals surface area contributed by atoms with Gasteiger partial charge in [-0.3, -0.25) is 14.4 Å². The molecule has 1 fully saturated rings. The number of carbonyl (C=O) groups excluding carboxylic acids is 3. The number of amides is 4. The lowest BCUT2D eigenvalue weighted by molar-refractivity contribution is -0.133. The SMILES string of the molecule is C=C[C@H](C[C@@H](O)[C@H](CC1CCCCC1)NC(=O)[C@H](Cc1c[nH]cn1)NC(=O)[C@H](Cc1ccccc1)NC(=O)[C@H](NC(=O)O)c1ccccc1)C(C)C. The number of imidazole rings is 1. The van der Waals surface area contributed by atoms with Crippen molar-refractivity contribution in [2.75, 3.05) is 0 Å². The second-order valence-corrected chi connectivity index (χ2v) is 14.2. The molecule has 2 aromatic carbocycles. The molecule has 3 aromatic rings. The largest absolute Gasteiger partial charge is 0.465 e. The Kier molecular flexibility index (Phi) is 15.4.